The topological polar surface area (TPSA) is 87.1 Å². The Balaban J connectivity index is 2.06. The van der Waals surface area contributed by atoms with Gasteiger partial charge in [0, 0.05) is 0 Å². The van der Waals surface area contributed by atoms with Crippen LogP contribution in [0.5, 0.6) is 5.75 Å². The van der Waals surface area contributed by atoms with Crippen LogP contribution in [0.25, 0.3) is 18.3 Å². The van der Waals surface area contributed by atoms with Gasteiger partial charge in [0.2, 0.25) is 0 Å². The van der Waals surface area contributed by atoms with Crippen LogP contribution in [-0.2, 0) is 0 Å². The van der Waals surface area contributed by atoms with Crippen molar-refractivity contribution in [2.75, 3.05) is 7.11 Å². The Morgan fingerprint density at radius 2 is 1.80 bits per heavy atom. The number of carboxylic acid groups (broad SMARTS) is 1. The van der Waals surface area contributed by atoms with Crippen LogP contribution in [-0.4, -0.2) is 22.9 Å². The van der Waals surface area contributed by atoms with E-state index in [1.54, 1.807) is 25.3 Å². The number of nitrogens with one attached hydrogen (secondary N) is 1. The minimum atomic E-state index is -1.27. The summed E-state index contributed by atoms with van der Waals surface area (Å²) in [5, 5.41) is 14.6. The van der Waals surface area contributed by atoms with Gasteiger partial charge in [-0.1, -0.05) is 30.8 Å². The number of ether oxygens (including phenoxy) is 1. The summed E-state index contributed by atoms with van der Waals surface area (Å²) >= 11 is 0. The van der Waals surface area contributed by atoms with Crippen molar-refractivity contribution in [1.82, 2.24) is 9.78 Å². The molecule has 0 fully saturated rings. The van der Waals surface area contributed by atoms with E-state index in [-0.39, 0.29) is 11.1 Å². The first-order valence-electron chi connectivity index (χ1n) is 7.47. The zero-order chi connectivity index (χ0) is 18.0. The molecule has 0 aliphatic carbocycles. The zero-order valence-corrected chi connectivity index (χ0v) is 13.5. The molecule has 0 atom stereocenters. The fourth-order valence-electron chi connectivity index (χ4n) is 2.44. The van der Waals surface area contributed by atoms with Crippen molar-refractivity contribution in [2.45, 2.75) is 0 Å². The number of H-pyrrole nitrogens is 1. The Bertz CT molecular complexity index is 1070. The van der Waals surface area contributed by atoms with Crippen molar-refractivity contribution in [1.29, 1.82) is 0 Å². The molecule has 0 aliphatic heterocycles. The summed E-state index contributed by atoms with van der Waals surface area (Å²) in [6.07, 6.45) is 1.73. The summed E-state index contributed by atoms with van der Waals surface area (Å²) in [5.41, 5.74) is 1.11. The van der Waals surface area contributed by atoms with E-state index in [1.165, 1.54) is 28.9 Å². The lowest BCUT2D eigenvalue weighted by Crippen LogP contribution is -2.34. The second-order valence-electron chi connectivity index (χ2n) is 5.40. The maximum Gasteiger partial charge on any atom is 0.279 e. The van der Waals surface area contributed by atoms with Crippen molar-refractivity contribution in [2.24, 2.45) is 0 Å². The smallest absolute Gasteiger partial charge is 0.279 e. The van der Waals surface area contributed by atoms with E-state index in [0.717, 1.165) is 11.3 Å². The molecule has 25 heavy (non-hydrogen) atoms. The minimum absolute atomic E-state index is 0.0446. The van der Waals surface area contributed by atoms with E-state index in [4.69, 9.17) is 4.74 Å². The highest BCUT2D eigenvalue weighted by Gasteiger charge is 2.05. The van der Waals surface area contributed by atoms with Gasteiger partial charge >= 0.3 is 0 Å². The average molecular weight is 335 g/mol. The number of aromatic carboxylic acids is 1. The number of carboxylic acids is 1. The predicted molar refractivity (Wildman–Crippen MR) is 92.1 cm³/mol. The average Bonchev–Trinajstić information content (AvgIpc) is 2.90. The number of rotatable bonds is 4. The lowest BCUT2D eigenvalue weighted by Gasteiger charge is -2.04. The Morgan fingerprint density at radius 1 is 1.16 bits per heavy atom. The zero-order valence-electron chi connectivity index (χ0n) is 13.5. The number of benzene rings is 2. The van der Waals surface area contributed by atoms with E-state index in [9.17, 15) is 14.7 Å². The fourth-order valence-corrected chi connectivity index (χ4v) is 2.44. The first-order chi connectivity index (χ1) is 12.0. The highest BCUT2D eigenvalue weighted by atomic mass is 16.5. The third-order valence-electron chi connectivity index (χ3n) is 3.79. The standard InChI is InChI=1S/C19H16N2O4/c1-12-17(11-13-3-9-16(25-2)10-4-13)18(22)21(20-12)15-7-5-14(6-8-15)19(23)24/h3-11,20H,1H2,2H3,(H,23,24)/p-1/b17-11-. The monoisotopic (exact) mass is 335 g/mol. The number of aromatic nitrogens is 2. The van der Waals surface area contributed by atoms with Crippen molar-refractivity contribution >= 4 is 18.6 Å². The van der Waals surface area contributed by atoms with Crippen molar-refractivity contribution in [3.63, 3.8) is 0 Å². The van der Waals surface area contributed by atoms with E-state index in [1.807, 2.05) is 12.1 Å². The van der Waals surface area contributed by atoms with Gasteiger partial charge in [0.25, 0.3) is 5.56 Å². The fraction of sp³-hybridized carbons (Fsp3) is 0.0526. The molecule has 2 aromatic carbocycles. The summed E-state index contributed by atoms with van der Waals surface area (Å²) in [5.74, 6) is -0.539. The summed E-state index contributed by atoms with van der Waals surface area (Å²) < 4.78 is 6.43. The summed E-state index contributed by atoms with van der Waals surface area (Å²) in [7, 11) is 1.59. The SMILES string of the molecule is C=c1[nH]n(-c2ccc(C(=O)[O-])cc2)c(=O)/c1=C\c1ccc(OC)cc1. The van der Waals surface area contributed by atoms with Gasteiger partial charge in [0.15, 0.2) is 0 Å². The normalized spacial score (nSPS) is 11.5. The van der Waals surface area contributed by atoms with E-state index < -0.39 is 5.97 Å². The largest absolute Gasteiger partial charge is 0.545 e. The van der Waals surface area contributed by atoms with Gasteiger partial charge in [-0.2, -0.15) is 0 Å². The number of hydrogen-bond donors (Lipinski definition) is 1. The molecule has 0 amide bonds. The molecule has 1 heterocycles. The second-order valence-corrected chi connectivity index (χ2v) is 5.40. The quantitative estimate of drug-likeness (QED) is 0.714. The summed E-state index contributed by atoms with van der Waals surface area (Å²) in [6.45, 7) is 3.87. The molecule has 0 unspecified atom stereocenters. The van der Waals surface area contributed by atoms with Crippen LogP contribution >= 0.6 is 0 Å². The lowest BCUT2D eigenvalue weighted by atomic mass is 10.2. The Morgan fingerprint density at radius 3 is 2.36 bits per heavy atom. The Hall–Kier alpha value is -3.54. The molecule has 3 rings (SSSR count). The first kappa shape index (κ1) is 16.3. The summed E-state index contributed by atoms with van der Waals surface area (Å²) in [4.78, 5) is 23.5. The molecule has 0 saturated heterocycles. The van der Waals surface area contributed by atoms with Gasteiger partial charge in [0.05, 0.1) is 29.3 Å². The number of aromatic amines is 1. The van der Waals surface area contributed by atoms with Crippen LogP contribution in [0.1, 0.15) is 15.9 Å². The third kappa shape index (κ3) is 3.23. The maximum atomic E-state index is 12.6. The maximum absolute atomic E-state index is 12.6. The minimum Gasteiger partial charge on any atom is -0.545 e. The lowest BCUT2D eigenvalue weighted by molar-refractivity contribution is -0.255. The molecule has 1 N–H and O–H groups in total. The molecule has 3 aromatic rings. The van der Waals surface area contributed by atoms with Crippen LogP contribution in [0.4, 0.5) is 0 Å². The number of nitrogens with zero attached hydrogens (tertiary/aromatic N) is 1. The molecular weight excluding hydrogens is 320 g/mol. The second kappa shape index (κ2) is 6.52. The molecule has 1 aromatic heterocycles. The van der Waals surface area contributed by atoms with Crippen molar-refractivity contribution in [3.05, 3.63) is 80.6 Å². The molecule has 6 heteroatoms. The van der Waals surface area contributed by atoms with Crippen LogP contribution in [0.2, 0.25) is 0 Å². The molecule has 126 valence electrons. The van der Waals surface area contributed by atoms with Gasteiger partial charge in [-0.3, -0.25) is 9.89 Å². The molecule has 0 radical (unpaired) electrons. The van der Waals surface area contributed by atoms with E-state index in [2.05, 4.69) is 11.7 Å². The van der Waals surface area contributed by atoms with E-state index in [0.29, 0.717) is 16.3 Å². The number of carbonyl (C=O) groups is 1. The van der Waals surface area contributed by atoms with Gasteiger partial charge in [0.1, 0.15) is 5.75 Å². The number of carbonyl (C=O) groups excluding carboxylic acids is 1. The number of hydrogen-bond acceptors (Lipinski definition) is 4. The van der Waals surface area contributed by atoms with Gasteiger partial charge in [-0.15, -0.1) is 0 Å². The van der Waals surface area contributed by atoms with Crippen LogP contribution in [0, 0.1) is 0 Å². The number of methoxy groups -OCH3 is 1. The third-order valence-corrected chi connectivity index (χ3v) is 3.79. The predicted octanol–water partition coefficient (Wildman–Crippen LogP) is -0.223. The molecule has 0 aliphatic rings. The molecule has 0 spiro atoms. The van der Waals surface area contributed by atoms with Crippen molar-refractivity contribution < 1.29 is 14.6 Å². The Labute approximate surface area is 142 Å². The molecule has 0 saturated carbocycles. The molecule has 6 nitrogen and oxygen atoms in total. The highest BCUT2D eigenvalue weighted by molar-refractivity contribution is 5.85. The Kier molecular flexibility index (Phi) is 4.26. The van der Waals surface area contributed by atoms with Gasteiger partial charge < -0.3 is 14.6 Å². The van der Waals surface area contributed by atoms with Crippen LogP contribution in [0.3, 0.4) is 0 Å². The molecular formula is C19H15N2O4-. The van der Waals surface area contributed by atoms with Gasteiger partial charge in [-0.05, 0) is 41.5 Å². The van der Waals surface area contributed by atoms with E-state index >= 15 is 0 Å². The van der Waals surface area contributed by atoms with Crippen LogP contribution < -0.4 is 26.0 Å². The van der Waals surface area contributed by atoms with Crippen molar-refractivity contribution in [3.8, 4) is 11.4 Å². The van der Waals surface area contributed by atoms with Gasteiger partial charge in [-0.25, -0.2) is 4.68 Å². The highest BCUT2D eigenvalue weighted by Crippen LogP contribution is 2.11. The summed E-state index contributed by atoms with van der Waals surface area (Å²) in [6, 6.07) is 13.1. The molecule has 0 bridgehead atoms. The first-order valence-corrected chi connectivity index (χ1v) is 7.47. The van der Waals surface area contributed by atoms with Crippen LogP contribution in [0.15, 0.2) is 53.3 Å².